The van der Waals surface area contributed by atoms with Crippen molar-refractivity contribution in [2.75, 3.05) is 15.4 Å². The summed E-state index contributed by atoms with van der Waals surface area (Å²) in [4.78, 5) is 12.8. The number of nitrogens with one attached hydrogen (secondary N) is 3. The highest BCUT2D eigenvalue weighted by Crippen LogP contribution is 2.24. The van der Waals surface area contributed by atoms with Gasteiger partial charge in [-0.15, -0.1) is 0 Å². The Balaban J connectivity index is 1.46. The number of pyridine rings is 1. The lowest BCUT2D eigenvalue weighted by Crippen LogP contribution is -2.15. The van der Waals surface area contributed by atoms with E-state index in [4.69, 9.17) is 0 Å². The second kappa shape index (κ2) is 9.25. The van der Waals surface area contributed by atoms with Crippen LogP contribution in [0.15, 0.2) is 66.0 Å². The first-order valence-corrected chi connectivity index (χ1v) is 11.8. The molecule has 0 aliphatic rings. The van der Waals surface area contributed by atoms with Crippen LogP contribution < -0.4 is 15.4 Å². The van der Waals surface area contributed by atoms with Crippen LogP contribution in [0, 0.1) is 13.8 Å². The molecule has 0 amide bonds. The minimum atomic E-state index is -3.76. The van der Waals surface area contributed by atoms with Gasteiger partial charge < -0.3 is 10.6 Å². The van der Waals surface area contributed by atoms with E-state index in [9.17, 15) is 8.42 Å². The zero-order chi connectivity index (χ0) is 23.4. The predicted molar refractivity (Wildman–Crippen MR) is 127 cm³/mol. The number of nitrogens with zero attached hydrogens (tertiary/aromatic N) is 5. The Labute approximate surface area is 192 Å². The summed E-state index contributed by atoms with van der Waals surface area (Å²) in [7, 11) is -3.76. The number of benzene rings is 1. The summed E-state index contributed by atoms with van der Waals surface area (Å²) in [5.41, 5.74) is 2.27. The third-order valence-electron chi connectivity index (χ3n) is 4.88. The van der Waals surface area contributed by atoms with Gasteiger partial charge >= 0.3 is 0 Å². The van der Waals surface area contributed by atoms with Gasteiger partial charge in [-0.3, -0.25) is 9.40 Å². The molecule has 0 atom stereocenters. The van der Waals surface area contributed by atoms with Gasteiger partial charge in [0.15, 0.2) is 0 Å². The van der Waals surface area contributed by atoms with Crippen LogP contribution in [0.3, 0.4) is 0 Å². The average Bonchev–Trinajstić information content (AvgIpc) is 3.10. The molecule has 3 heterocycles. The quantitative estimate of drug-likeness (QED) is 0.357. The van der Waals surface area contributed by atoms with Crippen molar-refractivity contribution in [3.63, 3.8) is 0 Å². The lowest BCUT2D eigenvalue weighted by atomic mass is 10.3. The highest BCUT2D eigenvalue weighted by Gasteiger charge is 2.24. The van der Waals surface area contributed by atoms with E-state index in [1.54, 1.807) is 55.1 Å². The Bertz CT molecular complexity index is 1350. The first kappa shape index (κ1) is 22.2. The van der Waals surface area contributed by atoms with Gasteiger partial charge in [0, 0.05) is 30.2 Å². The summed E-state index contributed by atoms with van der Waals surface area (Å²) in [6.07, 6.45) is 3.13. The van der Waals surface area contributed by atoms with E-state index in [-0.39, 0.29) is 4.90 Å². The molecule has 0 fully saturated rings. The molecule has 0 spiro atoms. The lowest BCUT2D eigenvalue weighted by Gasteiger charge is -2.11. The molecule has 0 aliphatic carbocycles. The van der Waals surface area contributed by atoms with Gasteiger partial charge in [-0.05, 0) is 57.2 Å². The summed E-state index contributed by atoms with van der Waals surface area (Å²) in [6, 6.07) is 14.2. The molecule has 3 N–H and O–H groups in total. The first-order chi connectivity index (χ1) is 15.9. The lowest BCUT2D eigenvalue weighted by molar-refractivity contribution is 0.598. The molecule has 33 heavy (non-hydrogen) atoms. The van der Waals surface area contributed by atoms with E-state index in [2.05, 4.69) is 35.4 Å². The number of aromatic nitrogens is 5. The number of hydrogen-bond donors (Lipinski definition) is 3. The second-order valence-electron chi connectivity index (χ2n) is 7.25. The number of aryl methyl sites for hydroxylation is 2. The third-order valence-corrected chi connectivity index (χ3v) is 6.51. The van der Waals surface area contributed by atoms with E-state index < -0.39 is 10.0 Å². The van der Waals surface area contributed by atoms with Crippen molar-refractivity contribution in [2.45, 2.75) is 32.2 Å². The Hall–Kier alpha value is -3.99. The van der Waals surface area contributed by atoms with Gasteiger partial charge in [0.25, 0.3) is 10.0 Å². The number of sulfonamides is 1. The topological polar surface area (TPSA) is 127 Å². The Morgan fingerprint density at radius 2 is 1.58 bits per heavy atom. The van der Waals surface area contributed by atoms with Crippen LogP contribution in [0.2, 0.25) is 0 Å². The standard InChI is InChI=1S/C22H24N8O2S/c1-4-30-16(3)22(15(2)28-30)33(31,32)29-18-10-8-17(9-11-18)26-20-13-21(25-14-24-20)27-19-7-5-6-12-23-19/h5-14,29H,4H2,1-3H3,(H2,23,24,25,26,27). The Morgan fingerprint density at radius 1 is 0.879 bits per heavy atom. The maximum Gasteiger partial charge on any atom is 0.265 e. The van der Waals surface area contributed by atoms with E-state index in [0.717, 1.165) is 5.69 Å². The van der Waals surface area contributed by atoms with Gasteiger partial charge in [0.05, 0.1) is 11.4 Å². The highest BCUT2D eigenvalue weighted by molar-refractivity contribution is 7.92. The van der Waals surface area contributed by atoms with Crippen molar-refractivity contribution in [2.24, 2.45) is 0 Å². The smallest absolute Gasteiger partial charge is 0.265 e. The van der Waals surface area contributed by atoms with Crippen LogP contribution >= 0.6 is 0 Å². The summed E-state index contributed by atoms with van der Waals surface area (Å²) in [5.74, 6) is 1.85. The van der Waals surface area contributed by atoms with Crippen molar-refractivity contribution in [3.8, 4) is 0 Å². The summed E-state index contributed by atoms with van der Waals surface area (Å²) in [6.45, 7) is 5.97. The molecular formula is C22H24N8O2S. The minimum absolute atomic E-state index is 0.209. The predicted octanol–water partition coefficient (Wildman–Crippen LogP) is 3.99. The minimum Gasteiger partial charge on any atom is -0.340 e. The molecule has 11 heteroatoms. The van der Waals surface area contributed by atoms with E-state index in [0.29, 0.717) is 41.1 Å². The second-order valence-corrected chi connectivity index (χ2v) is 8.87. The molecule has 0 aliphatic heterocycles. The number of anilines is 5. The van der Waals surface area contributed by atoms with Crippen molar-refractivity contribution in [1.82, 2.24) is 24.7 Å². The van der Waals surface area contributed by atoms with Crippen LogP contribution in [0.25, 0.3) is 0 Å². The fraction of sp³-hybridized carbons (Fsp3) is 0.182. The van der Waals surface area contributed by atoms with Crippen molar-refractivity contribution in [3.05, 3.63) is 72.4 Å². The maximum atomic E-state index is 12.9. The summed E-state index contributed by atoms with van der Waals surface area (Å²) in [5, 5.41) is 10.6. The van der Waals surface area contributed by atoms with Gasteiger partial charge in [-0.2, -0.15) is 5.10 Å². The van der Waals surface area contributed by atoms with E-state index in [1.165, 1.54) is 6.33 Å². The van der Waals surface area contributed by atoms with Crippen molar-refractivity contribution >= 4 is 38.9 Å². The molecule has 0 radical (unpaired) electrons. The van der Waals surface area contributed by atoms with Gasteiger partial charge in [-0.1, -0.05) is 6.07 Å². The average molecular weight is 465 g/mol. The molecule has 3 aromatic heterocycles. The third kappa shape index (κ3) is 5.09. The van der Waals surface area contributed by atoms with E-state index in [1.807, 2.05) is 25.1 Å². The largest absolute Gasteiger partial charge is 0.340 e. The fourth-order valence-corrected chi connectivity index (χ4v) is 4.89. The molecule has 4 aromatic rings. The normalized spacial score (nSPS) is 11.2. The monoisotopic (exact) mass is 464 g/mol. The Morgan fingerprint density at radius 3 is 2.21 bits per heavy atom. The number of rotatable bonds is 8. The van der Waals surface area contributed by atoms with Crippen molar-refractivity contribution < 1.29 is 8.42 Å². The molecule has 10 nitrogen and oxygen atoms in total. The fourth-order valence-electron chi connectivity index (χ4n) is 3.41. The summed E-state index contributed by atoms with van der Waals surface area (Å²) < 4.78 is 30.2. The number of hydrogen-bond acceptors (Lipinski definition) is 8. The molecule has 4 rings (SSSR count). The molecule has 0 bridgehead atoms. The molecule has 1 aromatic carbocycles. The zero-order valence-electron chi connectivity index (χ0n) is 18.4. The molecule has 0 saturated carbocycles. The molecular weight excluding hydrogens is 440 g/mol. The van der Waals surface area contributed by atoms with Crippen LogP contribution in [-0.2, 0) is 16.6 Å². The van der Waals surface area contributed by atoms with Gasteiger partial charge in [-0.25, -0.2) is 23.4 Å². The van der Waals surface area contributed by atoms with Crippen molar-refractivity contribution in [1.29, 1.82) is 0 Å². The molecule has 0 unspecified atom stereocenters. The maximum absolute atomic E-state index is 12.9. The van der Waals surface area contributed by atoms with Gasteiger partial charge in [0.2, 0.25) is 0 Å². The SMILES string of the molecule is CCn1nc(C)c(S(=O)(=O)Nc2ccc(Nc3cc(Nc4ccccn4)ncn3)cc2)c1C. The van der Waals surface area contributed by atoms with E-state index >= 15 is 0 Å². The van der Waals surface area contributed by atoms with Crippen LogP contribution in [0.5, 0.6) is 0 Å². The zero-order valence-corrected chi connectivity index (χ0v) is 19.3. The van der Waals surface area contributed by atoms with Gasteiger partial charge in [0.1, 0.15) is 28.7 Å². The first-order valence-electron chi connectivity index (χ1n) is 10.3. The Kier molecular flexibility index (Phi) is 6.22. The van der Waals surface area contributed by atoms with Crippen LogP contribution in [0.1, 0.15) is 18.3 Å². The van der Waals surface area contributed by atoms with Crippen LogP contribution in [-0.4, -0.2) is 33.2 Å². The van der Waals surface area contributed by atoms with Crippen LogP contribution in [0.4, 0.5) is 28.8 Å². The summed E-state index contributed by atoms with van der Waals surface area (Å²) >= 11 is 0. The molecule has 170 valence electrons. The highest BCUT2D eigenvalue weighted by atomic mass is 32.2. The molecule has 0 saturated heterocycles.